The van der Waals surface area contributed by atoms with Crippen LogP contribution < -0.4 is 5.32 Å². The molecule has 1 unspecified atom stereocenters. The van der Waals surface area contributed by atoms with E-state index in [1.165, 1.54) is 33.0 Å². The summed E-state index contributed by atoms with van der Waals surface area (Å²) in [6.07, 6.45) is 0. The Morgan fingerprint density at radius 3 is 2.40 bits per heavy atom. The third kappa shape index (κ3) is 3.27. The fraction of sp³-hybridized carbons (Fsp3) is 0.0714. The summed E-state index contributed by atoms with van der Waals surface area (Å²) in [5.41, 5.74) is 8.03. The molecule has 0 bridgehead atoms. The largest absolute Gasteiger partial charge is 0.379 e. The summed E-state index contributed by atoms with van der Waals surface area (Å²) in [6, 6.07) is 34.2. The fourth-order valence-electron chi connectivity index (χ4n) is 4.19. The molecular formula is C28H24N2. The Kier molecular flexibility index (Phi) is 4.61. The number of H-pyrrole nitrogens is 1. The molecule has 1 heterocycles. The van der Waals surface area contributed by atoms with E-state index < -0.39 is 0 Å². The van der Waals surface area contributed by atoms with Gasteiger partial charge in [-0.05, 0) is 47.4 Å². The number of rotatable bonds is 5. The average molecular weight is 389 g/mol. The van der Waals surface area contributed by atoms with Crippen LogP contribution in [0, 0.1) is 0 Å². The van der Waals surface area contributed by atoms with Crippen molar-refractivity contribution in [3.8, 4) is 11.1 Å². The lowest BCUT2D eigenvalue weighted by Gasteiger charge is -2.18. The van der Waals surface area contributed by atoms with E-state index >= 15 is 0 Å². The zero-order valence-electron chi connectivity index (χ0n) is 17.0. The van der Waals surface area contributed by atoms with Gasteiger partial charge >= 0.3 is 0 Å². The molecule has 146 valence electrons. The van der Waals surface area contributed by atoms with Gasteiger partial charge in [-0.2, -0.15) is 0 Å². The SMILES string of the molecule is C=C(NC(C)c1ccccc1)c1cccc(-c2cccc3[nH]c4ccccc4c23)c1. The molecule has 0 aliphatic carbocycles. The Balaban J connectivity index is 1.52. The third-order valence-electron chi connectivity index (χ3n) is 5.74. The van der Waals surface area contributed by atoms with Crippen molar-refractivity contribution in [2.75, 3.05) is 0 Å². The fourth-order valence-corrected chi connectivity index (χ4v) is 4.19. The van der Waals surface area contributed by atoms with Crippen molar-refractivity contribution >= 4 is 27.5 Å². The minimum Gasteiger partial charge on any atom is -0.379 e. The number of para-hydroxylation sites is 1. The molecule has 2 N–H and O–H groups in total. The van der Waals surface area contributed by atoms with E-state index in [0.29, 0.717) is 0 Å². The molecule has 0 spiro atoms. The van der Waals surface area contributed by atoms with Crippen LogP contribution in [0.15, 0.2) is 104 Å². The smallest absolute Gasteiger partial charge is 0.0485 e. The normalized spacial score (nSPS) is 12.2. The van der Waals surface area contributed by atoms with Gasteiger partial charge in [0.1, 0.15) is 0 Å². The maximum absolute atomic E-state index is 4.31. The molecule has 4 aromatic carbocycles. The number of aromatic nitrogens is 1. The second-order valence-electron chi connectivity index (χ2n) is 7.73. The predicted octanol–water partition coefficient (Wildman–Crippen LogP) is 7.31. The number of benzene rings is 4. The molecule has 0 aliphatic rings. The number of fused-ring (bicyclic) bond motifs is 3. The lowest BCUT2D eigenvalue weighted by atomic mass is 9.97. The summed E-state index contributed by atoms with van der Waals surface area (Å²) < 4.78 is 0. The highest BCUT2D eigenvalue weighted by atomic mass is 14.9. The van der Waals surface area contributed by atoms with Crippen LogP contribution in [0.5, 0.6) is 0 Å². The Bertz CT molecular complexity index is 1350. The molecule has 0 saturated carbocycles. The monoisotopic (exact) mass is 388 g/mol. The molecule has 0 radical (unpaired) electrons. The quantitative estimate of drug-likeness (QED) is 0.324. The summed E-state index contributed by atoms with van der Waals surface area (Å²) in [6.45, 7) is 6.47. The van der Waals surface area contributed by atoms with Crippen molar-refractivity contribution in [1.29, 1.82) is 0 Å². The summed E-state index contributed by atoms with van der Waals surface area (Å²) >= 11 is 0. The Morgan fingerprint density at radius 2 is 1.53 bits per heavy atom. The predicted molar refractivity (Wildman–Crippen MR) is 128 cm³/mol. The van der Waals surface area contributed by atoms with Gasteiger partial charge in [-0.1, -0.05) is 85.4 Å². The molecule has 5 rings (SSSR count). The zero-order valence-corrected chi connectivity index (χ0v) is 17.0. The third-order valence-corrected chi connectivity index (χ3v) is 5.74. The average Bonchev–Trinajstić information content (AvgIpc) is 3.18. The van der Waals surface area contributed by atoms with E-state index in [0.717, 1.165) is 16.8 Å². The molecule has 30 heavy (non-hydrogen) atoms. The van der Waals surface area contributed by atoms with Gasteiger partial charge in [-0.25, -0.2) is 0 Å². The van der Waals surface area contributed by atoms with Crippen molar-refractivity contribution in [2.45, 2.75) is 13.0 Å². The van der Waals surface area contributed by atoms with E-state index in [1.807, 2.05) is 6.07 Å². The summed E-state index contributed by atoms with van der Waals surface area (Å²) in [4.78, 5) is 3.54. The molecule has 1 atom stereocenters. The second-order valence-corrected chi connectivity index (χ2v) is 7.73. The lowest BCUT2D eigenvalue weighted by molar-refractivity contribution is 0.702. The van der Waals surface area contributed by atoms with Crippen LogP contribution in [0.3, 0.4) is 0 Å². The van der Waals surface area contributed by atoms with Crippen LogP contribution in [0.4, 0.5) is 0 Å². The first-order valence-corrected chi connectivity index (χ1v) is 10.3. The zero-order chi connectivity index (χ0) is 20.5. The minimum absolute atomic E-state index is 0.194. The van der Waals surface area contributed by atoms with Gasteiger partial charge in [0, 0.05) is 33.5 Å². The Hall–Kier alpha value is -3.78. The maximum atomic E-state index is 4.31. The number of hydrogen-bond donors (Lipinski definition) is 2. The van der Waals surface area contributed by atoms with E-state index in [-0.39, 0.29) is 6.04 Å². The van der Waals surface area contributed by atoms with Crippen molar-refractivity contribution in [2.24, 2.45) is 0 Å². The van der Waals surface area contributed by atoms with Crippen molar-refractivity contribution in [3.05, 3.63) is 115 Å². The van der Waals surface area contributed by atoms with Crippen LogP contribution in [0.25, 0.3) is 38.6 Å². The first-order valence-electron chi connectivity index (χ1n) is 10.3. The topological polar surface area (TPSA) is 27.8 Å². The van der Waals surface area contributed by atoms with E-state index in [9.17, 15) is 0 Å². The number of hydrogen-bond acceptors (Lipinski definition) is 1. The molecule has 2 heteroatoms. The van der Waals surface area contributed by atoms with Gasteiger partial charge in [0.15, 0.2) is 0 Å². The van der Waals surface area contributed by atoms with Gasteiger partial charge in [-0.15, -0.1) is 0 Å². The molecule has 5 aromatic rings. The Morgan fingerprint density at radius 1 is 0.800 bits per heavy atom. The highest BCUT2D eigenvalue weighted by Crippen LogP contribution is 2.35. The van der Waals surface area contributed by atoms with Crippen molar-refractivity contribution in [3.63, 3.8) is 0 Å². The summed E-state index contributed by atoms with van der Waals surface area (Å²) in [7, 11) is 0. The van der Waals surface area contributed by atoms with Crippen LogP contribution in [-0.4, -0.2) is 4.98 Å². The van der Waals surface area contributed by atoms with E-state index in [1.54, 1.807) is 0 Å². The first-order chi connectivity index (χ1) is 14.7. The standard InChI is InChI=1S/C28H24N2/c1-19(21-10-4-3-5-11-21)29-20(2)22-12-8-13-23(18-22)24-15-9-17-27-28(24)25-14-6-7-16-26(25)30-27/h3-19,29-30H,2H2,1H3. The van der Waals surface area contributed by atoms with Crippen LogP contribution in [-0.2, 0) is 0 Å². The van der Waals surface area contributed by atoms with E-state index in [2.05, 4.69) is 115 Å². The molecule has 1 aromatic heterocycles. The lowest BCUT2D eigenvalue weighted by Crippen LogP contribution is -2.16. The molecular weight excluding hydrogens is 364 g/mol. The van der Waals surface area contributed by atoms with Gasteiger partial charge < -0.3 is 10.3 Å². The van der Waals surface area contributed by atoms with Crippen LogP contribution in [0.2, 0.25) is 0 Å². The van der Waals surface area contributed by atoms with Crippen LogP contribution in [0.1, 0.15) is 24.1 Å². The minimum atomic E-state index is 0.194. The molecule has 0 amide bonds. The van der Waals surface area contributed by atoms with Gasteiger partial charge in [0.25, 0.3) is 0 Å². The van der Waals surface area contributed by atoms with Gasteiger partial charge in [0.05, 0.1) is 0 Å². The van der Waals surface area contributed by atoms with Gasteiger partial charge in [0.2, 0.25) is 0 Å². The Labute approximate surface area is 176 Å². The molecule has 0 aliphatic heterocycles. The highest BCUT2D eigenvalue weighted by Gasteiger charge is 2.12. The summed E-state index contributed by atoms with van der Waals surface area (Å²) in [5, 5.41) is 6.07. The molecule has 0 saturated heterocycles. The first kappa shape index (κ1) is 18.3. The maximum Gasteiger partial charge on any atom is 0.0485 e. The summed E-state index contributed by atoms with van der Waals surface area (Å²) in [5.74, 6) is 0. The second kappa shape index (κ2) is 7.57. The van der Waals surface area contributed by atoms with Crippen molar-refractivity contribution in [1.82, 2.24) is 10.3 Å². The van der Waals surface area contributed by atoms with Gasteiger partial charge in [-0.3, -0.25) is 0 Å². The highest BCUT2D eigenvalue weighted by molar-refractivity contribution is 6.14. The van der Waals surface area contributed by atoms with E-state index in [4.69, 9.17) is 0 Å². The van der Waals surface area contributed by atoms with Crippen molar-refractivity contribution < 1.29 is 0 Å². The molecule has 2 nitrogen and oxygen atoms in total. The molecule has 0 fully saturated rings. The van der Waals surface area contributed by atoms with Crippen LogP contribution >= 0.6 is 0 Å². The number of aromatic amines is 1. The number of nitrogens with one attached hydrogen (secondary N) is 2.